The third-order valence-corrected chi connectivity index (χ3v) is 20.5. The van der Waals surface area contributed by atoms with Gasteiger partial charge in [0.2, 0.25) is 0 Å². The molecule has 0 saturated carbocycles. The summed E-state index contributed by atoms with van der Waals surface area (Å²) in [6, 6.07) is 8.25. The Kier molecular flexibility index (Phi) is 9.14. The molecule has 1 aromatic rings. The summed E-state index contributed by atoms with van der Waals surface area (Å²) < 4.78 is 5.51. The molecule has 0 aromatic heterocycles. The van der Waals surface area contributed by atoms with Gasteiger partial charge in [-0.1, -0.05) is 0 Å². The summed E-state index contributed by atoms with van der Waals surface area (Å²) in [5.74, 6) is -0.235. The zero-order chi connectivity index (χ0) is 16.4. The molecule has 0 heterocycles. The molecular formula is C19H33NOSn. The van der Waals surface area contributed by atoms with Gasteiger partial charge in [-0.25, -0.2) is 0 Å². The molecule has 0 atom stereocenters. The van der Waals surface area contributed by atoms with Crippen LogP contribution in [0.15, 0.2) is 24.3 Å². The molecule has 0 aliphatic rings. The first-order chi connectivity index (χ1) is 10.6. The molecule has 0 aliphatic heterocycles. The van der Waals surface area contributed by atoms with Crippen LogP contribution in [0.5, 0.6) is 0 Å². The minimum atomic E-state index is -2.54. The number of primary amides is 1. The number of amides is 1. The van der Waals surface area contributed by atoms with Gasteiger partial charge in [-0.05, 0) is 0 Å². The van der Waals surface area contributed by atoms with E-state index < -0.39 is 18.4 Å². The molecule has 1 aromatic carbocycles. The summed E-state index contributed by atoms with van der Waals surface area (Å²) in [4.78, 5) is 11.9. The van der Waals surface area contributed by atoms with E-state index in [4.69, 9.17) is 5.73 Å². The van der Waals surface area contributed by atoms with Crippen molar-refractivity contribution in [1.82, 2.24) is 0 Å². The van der Waals surface area contributed by atoms with Crippen LogP contribution in [-0.2, 0) is 0 Å². The monoisotopic (exact) mass is 411 g/mol. The van der Waals surface area contributed by atoms with Gasteiger partial charge in [0.15, 0.2) is 0 Å². The van der Waals surface area contributed by atoms with Gasteiger partial charge in [-0.2, -0.15) is 0 Å². The second kappa shape index (κ2) is 10.3. The van der Waals surface area contributed by atoms with Crippen molar-refractivity contribution >= 4 is 27.9 Å². The molecule has 22 heavy (non-hydrogen) atoms. The summed E-state index contributed by atoms with van der Waals surface area (Å²) >= 11 is -2.54. The summed E-state index contributed by atoms with van der Waals surface area (Å²) in [7, 11) is 0. The van der Waals surface area contributed by atoms with Crippen LogP contribution in [0.4, 0.5) is 0 Å². The first-order valence-corrected chi connectivity index (χ1v) is 16.5. The fraction of sp³-hybridized carbons (Fsp3) is 0.632. The van der Waals surface area contributed by atoms with E-state index in [0.717, 1.165) is 5.56 Å². The minimum absolute atomic E-state index is 0.235. The van der Waals surface area contributed by atoms with Crippen LogP contribution < -0.4 is 9.31 Å². The molecule has 0 aliphatic carbocycles. The molecule has 3 heteroatoms. The van der Waals surface area contributed by atoms with Crippen molar-refractivity contribution in [3.8, 4) is 0 Å². The Hall–Kier alpha value is -0.511. The molecule has 1 rings (SSSR count). The zero-order valence-corrected chi connectivity index (χ0v) is 17.5. The van der Waals surface area contributed by atoms with E-state index in [1.165, 1.54) is 55.4 Å². The van der Waals surface area contributed by atoms with Gasteiger partial charge in [-0.15, -0.1) is 0 Å². The van der Waals surface area contributed by atoms with Gasteiger partial charge < -0.3 is 0 Å². The van der Waals surface area contributed by atoms with E-state index in [0.29, 0.717) is 0 Å². The van der Waals surface area contributed by atoms with Gasteiger partial charge in [0.25, 0.3) is 0 Å². The number of nitrogens with two attached hydrogens (primary N) is 1. The average molecular weight is 410 g/mol. The Bertz CT molecular complexity index is 437. The molecule has 0 saturated heterocycles. The molecule has 2 nitrogen and oxygen atoms in total. The Morgan fingerprint density at radius 1 is 0.909 bits per heavy atom. The summed E-state index contributed by atoms with van der Waals surface area (Å²) in [5.41, 5.74) is 6.51. The Morgan fingerprint density at radius 3 is 1.77 bits per heavy atom. The second-order valence-electron chi connectivity index (χ2n) is 6.50. The maximum atomic E-state index is 11.9. The summed E-state index contributed by atoms with van der Waals surface area (Å²) in [5, 5.41) is 0. The van der Waals surface area contributed by atoms with Gasteiger partial charge >= 0.3 is 141 Å². The Balaban J connectivity index is 3.28. The fourth-order valence-electron chi connectivity index (χ4n) is 3.48. The average Bonchev–Trinajstić information content (AvgIpc) is 2.54. The zero-order valence-electron chi connectivity index (χ0n) is 14.7. The first-order valence-electron chi connectivity index (χ1n) is 9.00. The van der Waals surface area contributed by atoms with Crippen molar-refractivity contribution in [1.29, 1.82) is 0 Å². The van der Waals surface area contributed by atoms with Crippen LogP contribution in [0.1, 0.15) is 69.7 Å². The van der Waals surface area contributed by atoms with Crippen LogP contribution in [0, 0.1) is 0 Å². The maximum absolute atomic E-state index is 11.9. The standard InChI is InChI=1S/C7H6NO.3C4H9.Sn/c8-7(9)6-4-2-1-3-5-6;3*1-3-4-2;/h1-4H,(H2,8,9);3*1,3-4H2,2H3;. The van der Waals surface area contributed by atoms with Crippen molar-refractivity contribution in [2.45, 2.75) is 72.6 Å². The van der Waals surface area contributed by atoms with Crippen molar-refractivity contribution in [3.05, 3.63) is 29.8 Å². The van der Waals surface area contributed by atoms with Gasteiger partial charge in [0.05, 0.1) is 0 Å². The first kappa shape index (κ1) is 19.5. The van der Waals surface area contributed by atoms with E-state index in [9.17, 15) is 4.79 Å². The fourth-order valence-corrected chi connectivity index (χ4v) is 20.3. The SMILES string of the molecule is CCC[CH2][Sn]([CH2]CCC)([CH2]CCC)[c]1ccccc1C(N)=O. The van der Waals surface area contributed by atoms with Crippen molar-refractivity contribution in [2.75, 3.05) is 0 Å². The number of hydrogen-bond acceptors (Lipinski definition) is 1. The predicted molar refractivity (Wildman–Crippen MR) is 99.5 cm³/mol. The van der Waals surface area contributed by atoms with Crippen molar-refractivity contribution in [2.24, 2.45) is 5.73 Å². The number of carbonyl (C=O) groups excluding carboxylic acids is 1. The van der Waals surface area contributed by atoms with Crippen LogP contribution in [0.3, 0.4) is 0 Å². The number of benzene rings is 1. The summed E-state index contributed by atoms with van der Waals surface area (Å²) in [6.07, 6.45) is 7.64. The van der Waals surface area contributed by atoms with Crippen molar-refractivity contribution in [3.63, 3.8) is 0 Å². The number of rotatable bonds is 11. The molecular weight excluding hydrogens is 377 g/mol. The van der Waals surface area contributed by atoms with E-state index in [-0.39, 0.29) is 5.91 Å². The van der Waals surface area contributed by atoms with Crippen LogP contribution in [0.25, 0.3) is 0 Å². The van der Waals surface area contributed by atoms with Crippen LogP contribution in [0.2, 0.25) is 13.3 Å². The molecule has 0 radical (unpaired) electrons. The quantitative estimate of drug-likeness (QED) is 0.522. The Morgan fingerprint density at radius 2 is 1.36 bits per heavy atom. The molecule has 124 valence electrons. The van der Waals surface area contributed by atoms with Gasteiger partial charge in [-0.3, -0.25) is 0 Å². The molecule has 0 fully saturated rings. The topological polar surface area (TPSA) is 43.1 Å². The molecule has 0 unspecified atom stereocenters. The number of hydrogen-bond donors (Lipinski definition) is 1. The van der Waals surface area contributed by atoms with Crippen LogP contribution >= 0.6 is 0 Å². The molecule has 0 spiro atoms. The van der Waals surface area contributed by atoms with E-state index in [1.807, 2.05) is 12.1 Å². The molecule has 0 bridgehead atoms. The second-order valence-corrected chi connectivity index (χ2v) is 19.6. The normalized spacial score (nSPS) is 11.6. The van der Waals surface area contributed by atoms with E-state index in [2.05, 4.69) is 32.9 Å². The number of unbranched alkanes of at least 4 members (excludes halogenated alkanes) is 3. The van der Waals surface area contributed by atoms with E-state index in [1.54, 1.807) is 0 Å². The van der Waals surface area contributed by atoms with Gasteiger partial charge in [0.1, 0.15) is 0 Å². The van der Waals surface area contributed by atoms with Gasteiger partial charge in [0, 0.05) is 0 Å². The van der Waals surface area contributed by atoms with Crippen LogP contribution in [-0.4, -0.2) is 24.3 Å². The van der Waals surface area contributed by atoms with Crippen molar-refractivity contribution < 1.29 is 4.79 Å². The number of carbonyl (C=O) groups is 1. The molecule has 2 N–H and O–H groups in total. The summed E-state index contributed by atoms with van der Waals surface area (Å²) in [6.45, 7) is 6.82. The Labute approximate surface area is 140 Å². The molecule has 1 amide bonds. The third-order valence-electron chi connectivity index (χ3n) is 4.79. The van der Waals surface area contributed by atoms with E-state index >= 15 is 0 Å². The third kappa shape index (κ3) is 5.29. The predicted octanol–water partition coefficient (Wildman–Crippen LogP) is 4.84.